The monoisotopic (exact) mass is 228 g/mol. The molecule has 1 N–H and O–H groups in total. The fourth-order valence-electron chi connectivity index (χ4n) is 2.11. The molecule has 3 nitrogen and oxygen atoms in total. The summed E-state index contributed by atoms with van der Waals surface area (Å²) in [7, 11) is 0. The van der Waals surface area contributed by atoms with Crippen molar-refractivity contribution < 1.29 is 4.74 Å². The van der Waals surface area contributed by atoms with Crippen LogP contribution >= 0.6 is 0 Å². The lowest BCUT2D eigenvalue weighted by atomic mass is 10.1. The molecule has 1 saturated heterocycles. The number of ether oxygens (including phenoxy) is 1. The fraction of sp³-hybridized carbons (Fsp3) is 1.00. The molecule has 0 saturated carbocycles. The van der Waals surface area contributed by atoms with E-state index in [4.69, 9.17) is 4.74 Å². The van der Waals surface area contributed by atoms with Crippen molar-refractivity contribution in [2.75, 3.05) is 32.8 Å². The van der Waals surface area contributed by atoms with Gasteiger partial charge >= 0.3 is 0 Å². The van der Waals surface area contributed by atoms with Gasteiger partial charge in [0.15, 0.2) is 0 Å². The standard InChI is InChI=1S/C13H28N2O/c1-4-5-6-7-15-8-9-16-11-13(15)10-14-12(2)3/h12-14H,4-11H2,1-3H3. The molecule has 0 bridgehead atoms. The van der Waals surface area contributed by atoms with Crippen molar-refractivity contribution in [3.05, 3.63) is 0 Å². The predicted octanol–water partition coefficient (Wildman–Crippen LogP) is 1.88. The van der Waals surface area contributed by atoms with Gasteiger partial charge in [0, 0.05) is 25.2 Å². The normalized spacial score (nSPS) is 22.9. The summed E-state index contributed by atoms with van der Waals surface area (Å²) in [4.78, 5) is 2.59. The van der Waals surface area contributed by atoms with E-state index in [2.05, 4.69) is 31.0 Å². The molecule has 3 heteroatoms. The number of rotatable bonds is 7. The van der Waals surface area contributed by atoms with Crippen molar-refractivity contribution in [1.29, 1.82) is 0 Å². The maximum absolute atomic E-state index is 5.57. The first-order valence-electron chi connectivity index (χ1n) is 6.79. The summed E-state index contributed by atoms with van der Waals surface area (Å²) >= 11 is 0. The summed E-state index contributed by atoms with van der Waals surface area (Å²) in [5, 5.41) is 3.51. The summed E-state index contributed by atoms with van der Waals surface area (Å²) in [5.41, 5.74) is 0. The van der Waals surface area contributed by atoms with Crippen LogP contribution in [-0.4, -0.2) is 49.8 Å². The van der Waals surface area contributed by atoms with E-state index in [1.807, 2.05) is 0 Å². The molecule has 1 fully saturated rings. The highest BCUT2D eigenvalue weighted by molar-refractivity contribution is 4.78. The van der Waals surface area contributed by atoms with E-state index in [0.29, 0.717) is 12.1 Å². The van der Waals surface area contributed by atoms with Gasteiger partial charge in [0.05, 0.1) is 13.2 Å². The average molecular weight is 228 g/mol. The van der Waals surface area contributed by atoms with Gasteiger partial charge in [-0.3, -0.25) is 4.90 Å². The van der Waals surface area contributed by atoms with Crippen LogP contribution in [0.1, 0.15) is 40.0 Å². The van der Waals surface area contributed by atoms with Crippen molar-refractivity contribution in [2.24, 2.45) is 0 Å². The molecular weight excluding hydrogens is 200 g/mol. The number of nitrogens with zero attached hydrogens (tertiary/aromatic N) is 1. The minimum Gasteiger partial charge on any atom is -0.378 e. The van der Waals surface area contributed by atoms with Crippen LogP contribution in [0.25, 0.3) is 0 Å². The van der Waals surface area contributed by atoms with E-state index in [1.54, 1.807) is 0 Å². The molecule has 1 aliphatic heterocycles. The molecule has 1 heterocycles. The minimum atomic E-state index is 0.569. The maximum Gasteiger partial charge on any atom is 0.0634 e. The Bertz CT molecular complexity index is 173. The van der Waals surface area contributed by atoms with Crippen LogP contribution in [0, 0.1) is 0 Å². The van der Waals surface area contributed by atoms with Gasteiger partial charge in [-0.05, 0) is 13.0 Å². The van der Waals surface area contributed by atoms with Gasteiger partial charge in [0.25, 0.3) is 0 Å². The van der Waals surface area contributed by atoms with Crippen LogP contribution in [0.15, 0.2) is 0 Å². The lowest BCUT2D eigenvalue weighted by Crippen LogP contribution is -2.51. The Morgan fingerprint density at radius 3 is 2.88 bits per heavy atom. The summed E-state index contributed by atoms with van der Waals surface area (Å²) in [6, 6.07) is 1.15. The van der Waals surface area contributed by atoms with Gasteiger partial charge in [0.2, 0.25) is 0 Å². The zero-order valence-corrected chi connectivity index (χ0v) is 11.2. The Kier molecular flexibility index (Phi) is 7.01. The Labute approximate surface area is 101 Å². The van der Waals surface area contributed by atoms with Gasteiger partial charge in [-0.1, -0.05) is 33.6 Å². The lowest BCUT2D eigenvalue weighted by Gasteiger charge is -2.36. The van der Waals surface area contributed by atoms with Gasteiger partial charge in [0.1, 0.15) is 0 Å². The fourth-order valence-corrected chi connectivity index (χ4v) is 2.11. The maximum atomic E-state index is 5.57. The predicted molar refractivity (Wildman–Crippen MR) is 68.8 cm³/mol. The Hall–Kier alpha value is -0.120. The molecule has 1 atom stereocenters. The number of morpholine rings is 1. The van der Waals surface area contributed by atoms with E-state index in [0.717, 1.165) is 26.3 Å². The SMILES string of the molecule is CCCCCN1CCOCC1CNC(C)C. The Balaban J connectivity index is 2.26. The molecular formula is C13H28N2O. The third-order valence-corrected chi connectivity index (χ3v) is 3.16. The average Bonchev–Trinajstić information content (AvgIpc) is 2.28. The molecule has 16 heavy (non-hydrogen) atoms. The van der Waals surface area contributed by atoms with Crippen LogP contribution in [0.4, 0.5) is 0 Å². The molecule has 96 valence electrons. The van der Waals surface area contributed by atoms with Gasteiger partial charge in [-0.2, -0.15) is 0 Å². The molecule has 0 spiro atoms. The molecule has 1 unspecified atom stereocenters. The second-order valence-electron chi connectivity index (χ2n) is 5.03. The van der Waals surface area contributed by atoms with Crippen molar-refractivity contribution >= 4 is 0 Å². The number of hydrogen-bond donors (Lipinski definition) is 1. The Morgan fingerprint density at radius 2 is 2.19 bits per heavy atom. The molecule has 0 amide bonds. The zero-order valence-electron chi connectivity index (χ0n) is 11.2. The van der Waals surface area contributed by atoms with E-state index < -0.39 is 0 Å². The zero-order chi connectivity index (χ0) is 11.8. The van der Waals surface area contributed by atoms with Crippen molar-refractivity contribution in [1.82, 2.24) is 10.2 Å². The second kappa shape index (κ2) is 8.04. The molecule has 1 aliphatic rings. The van der Waals surface area contributed by atoms with Crippen molar-refractivity contribution in [3.63, 3.8) is 0 Å². The summed E-state index contributed by atoms with van der Waals surface area (Å²) in [6.07, 6.45) is 3.98. The topological polar surface area (TPSA) is 24.5 Å². The minimum absolute atomic E-state index is 0.569. The second-order valence-corrected chi connectivity index (χ2v) is 5.03. The third kappa shape index (κ3) is 5.28. The highest BCUT2D eigenvalue weighted by Crippen LogP contribution is 2.08. The quantitative estimate of drug-likeness (QED) is 0.673. The van der Waals surface area contributed by atoms with Crippen LogP contribution in [0.2, 0.25) is 0 Å². The highest BCUT2D eigenvalue weighted by Gasteiger charge is 2.22. The first-order chi connectivity index (χ1) is 7.74. The first kappa shape index (κ1) is 13.9. The molecule has 1 rings (SSSR count). The highest BCUT2D eigenvalue weighted by atomic mass is 16.5. The number of unbranched alkanes of at least 4 members (excludes halogenated alkanes) is 2. The van der Waals surface area contributed by atoms with Crippen molar-refractivity contribution in [3.8, 4) is 0 Å². The molecule has 0 aromatic carbocycles. The number of nitrogens with one attached hydrogen (secondary N) is 1. The van der Waals surface area contributed by atoms with Crippen LogP contribution < -0.4 is 5.32 Å². The number of hydrogen-bond acceptors (Lipinski definition) is 3. The van der Waals surface area contributed by atoms with Crippen LogP contribution in [0.5, 0.6) is 0 Å². The summed E-state index contributed by atoms with van der Waals surface area (Å²) < 4.78 is 5.57. The molecule has 0 aliphatic carbocycles. The first-order valence-corrected chi connectivity index (χ1v) is 6.79. The molecule has 0 aromatic rings. The third-order valence-electron chi connectivity index (χ3n) is 3.16. The molecule has 0 aromatic heterocycles. The lowest BCUT2D eigenvalue weighted by molar-refractivity contribution is -0.00792. The van der Waals surface area contributed by atoms with Crippen LogP contribution in [0.3, 0.4) is 0 Å². The van der Waals surface area contributed by atoms with E-state index in [1.165, 1.54) is 25.8 Å². The smallest absolute Gasteiger partial charge is 0.0634 e. The van der Waals surface area contributed by atoms with E-state index >= 15 is 0 Å². The van der Waals surface area contributed by atoms with Crippen LogP contribution in [-0.2, 0) is 4.74 Å². The van der Waals surface area contributed by atoms with Gasteiger partial charge < -0.3 is 10.1 Å². The Morgan fingerprint density at radius 1 is 1.38 bits per heavy atom. The van der Waals surface area contributed by atoms with E-state index in [9.17, 15) is 0 Å². The summed E-state index contributed by atoms with van der Waals surface area (Å²) in [6.45, 7) is 11.9. The molecule has 0 radical (unpaired) electrons. The van der Waals surface area contributed by atoms with Gasteiger partial charge in [-0.25, -0.2) is 0 Å². The van der Waals surface area contributed by atoms with Crippen molar-refractivity contribution in [2.45, 2.75) is 52.1 Å². The largest absolute Gasteiger partial charge is 0.378 e. The summed E-state index contributed by atoms with van der Waals surface area (Å²) in [5.74, 6) is 0. The van der Waals surface area contributed by atoms with E-state index in [-0.39, 0.29) is 0 Å². The van der Waals surface area contributed by atoms with Gasteiger partial charge in [-0.15, -0.1) is 0 Å².